The molecule has 2 aliphatic rings. The Morgan fingerprint density at radius 2 is 1.92 bits per heavy atom. The number of aliphatic imine (C=N–C) groups is 1. The van der Waals surface area contributed by atoms with E-state index in [9.17, 15) is 5.11 Å². The van der Waals surface area contributed by atoms with Crippen LogP contribution in [0.2, 0.25) is 0 Å². The summed E-state index contributed by atoms with van der Waals surface area (Å²) in [6.45, 7) is 0. The second-order valence-electron chi connectivity index (χ2n) is 6.98. The van der Waals surface area contributed by atoms with E-state index >= 15 is 0 Å². The van der Waals surface area contributed by atoms with Gasteiger partial charge < -0.3 is 9.67 Å². The zero-order valence-corrected chi connectivity index (χ0v) is 13.7. The van der Waals surface area contributed by atoms with Gasteiger partial charge in [0.25, 0.3) is 0 Å². The number of aryl methyl sites for hydroxylation is 2. The second kappa shape index (κ2) is 4.97. The number of rotatable bonds is 2. The Morgan fingerprint density at radius 1 is 1.08 bits per heavy atom. The van der Waals surface area contributed by atoms with Crippen molar-refractivity contribution in [1.82, 2.24) is 4.57 Å². The van der Waals surface area contributed by atoms with Gasteiger partial charge in [0.15, 0.2) is 0 Å². The van der Waals surface area contributed by atoms with Crippen molar-refractivity contribution < 1.29 is 5.11 Å². The highest BCUT2D eigenvalue weighted by Gasteiger charge is 2.39. The molecule has 0 spiro atoms. The first-order valence-corrected chi connectivity index (χ1v) is 8.64. The summed E-state index contributed by atoms with van der Waals surface area (Å²) in [5.74, 6) is 0.925. The predicted molar refractivity (Wildman–Crippen MR) is 97.0 cm³/mol. The van der Waals surface area contributed by atoms with Crippen LogP contribution in [0.3, 0.4) is 0 Å². The zero-order valence-electron chi connectivity index (χ0n) is 13.7. The average Bonchev–Trinajstić information content (AvgIpc) is 3.15. The monoisotopic (exact) mass is 316 g/mol. The minimum atomic E-state index is 0.340. The molecule has 3 aromatic rings. The lowest BCUT2D eigenvalue weighted by atomic mass is 10.1. The molecule has 5 rings (SSSR count). The van der Waals surface area contributed by atoms with Crippen LogP contribution in [0.5, 0.6) is 5.75 Å². The van der Waals surface area contributed by atoms with Gasteiger partial charge in [-0.15, -0.1) is 0 Å². The van der Waals surface area contributed by atoms with Crippen LogP contribution in [0.1, 0.15) is 35.6 Å². The highest BCUT2D eigenvalue weighted by atomic mass is 16.3. The molecule has 2 atom stereocenters. The molecule has 0 bridgehead atoms. The van der Waals surface area contributed by atoms with Crippen molar-refractivity contribution >= 4 is 16.6 Å². The molecule has 2 aliphatic carbocycles. The van der Waals surface area contributed by atoms with Crippen molar-refractivity contribution in [2.24, 2.45) is 12.0 Å². The fourth-order valence-corrected chi connectivity index (χ4v) is 4.20. The Bertz CT molecular complexity index is 968. The molecule has 3 heteroatoms. The van der Waals surface area contributed by atoms with E-state index in [1.807, 2.05) is 12.1 Å². The van der Waals surface area contributed by atoms with Crippen LogP contribution in [0, 0.1) is 0 Å². The zero-order chi connectivity index (χ0) is 16.3. The number of fused-ring (bicyclic) bond motifs is 3. The van der Waals surface area contributed by atoms with Crippen molar-refractivity contribution in [3.63, 3.8) is 0 Å². The quantitative estimate of drug-likeness (QED) is 0.757. The van der Waals surface area contributed by atoms with E-state index in [1.165, 1.54) is 33.4 Å². The fraction of sp³-hybridized carbons (Fsp3) is 0.286. The Morgan fingerprint density at radius 3 is 2.75 bits per heavy atom. The molecule has 1 fully saturated rings. The van der Waals surface area contributed by atoms with Gasteiger partial charge in [0.1, 0.15) is 5.75 Å². The van der Waals surface area contributed by atoms with Gasteiger partial charge in [0, 0.05) is 23.9 Å². The molecule has 24 heavy (non-hydrogen) atoms. The van der Waals surface area contributed by atoms with Gasteiger partial charge in [-0.05, 0) is 48.6 Å². The summed E-state index contributed by atoms with van der Waals surface area (Å²) in [6.07, 6.45) is 3.20. The van der Waals surface area contributed by atoms with Crippen LogP contribution in [0.25, 0.3) is 10.9 Å². The molecule has 1 N–H and O–H groups in total. The Balaban J connectivity index is 1.52. The molecule has 0 radical (unpaired) electrons. The van der Waals surface area contributed by atoms with Crippen LogP contribution < -0.4 is 0 Å². The summed E-state index contributed by atoms with van der Waals surface area (Å²) in [7, 11) is 2.11. The maximum atomic E-state index is 9.81. The molecule has 120 valence electrons. The Labute approximate surface area is 141 Å². The highest BCUT2D eigenvalue weighted by Crippen LogP contribution is 2.45. The van der Waals surface area contributed by atoms with Gasteiger partial charge in [-0.3, -0.25) is 4.99 Å². The molecular formula is C21H20N2O. The van der Waals surface area contributed by atoms with E-state index in [-0.39, 0.29) is 0 Å². The molecule has 0 saturated heterocycles. The largest absolute Gasteiger partial charge is 0.508 e. The van der Waals surface area contributed by atoms with Gasteiger partial charge >= 0.3 is 0 Å². The average molecular weight is 316 g/mol. The van der Waals surface area contributed by atoms with E-state index in [0.29, 0.717) is 17.7 Å². The number of hydrogen-bond donors (Lipinski definition) is 1. The van der Waals surface area contributed by atoms with Crippen LogP contribution in [-0.4, -0.2) is 21.4 Å². The molecule has 0 amide bonds. The number of aromatic nitrogens is 1. The molecule has 3 nitrogen and oxygen atoms in total. The first kappa shape index (κ1) is 13.8. The predicted octanol–water partition coefficient (Wildman–Crippen LogP) is 4.18. The van der Waals surface area contributed by atoms with Crippen molar-refractivity contribution in [1.29, 1.82) is 0 Å². The van der Waals surface area contributed by atoms with Crippen molar-refractivity contribution in [2.45, 2.75) is 31.2 Å². The number of aromatic hydroxyl groups is 1. The third-order valence-corrected chi connectivity index (χ3v) is 5.48. The van der Waals surface area contributed by atoms with Crippen molar-refractivity contribution in [3.05, 3.63) is 65.4 Å². The molecule has 1 heterocycles. The topological polar surface area (TPSA) is 37.5 Å². The molecule has 0 aliphatic heterocycles. The number of phenolic OH excluding ortho intramolecular Hbond substituents is 1. The molecule has 1 aromatic heterocycles. The lowest BCUT2D eigenvalue weighted by Gasteiger charge is -2.04. The summed E-state index contributed by atoms with van der Waals surface area (Å²) in [5.41, 5.74) is 6.45. The fourth-order valence-electron chi connectivity index (χ4n) is 4.20. The minimum Gasteiger partial charge on any atom is -0.508 e. The van der Waals surface area contributed by atoms with Crippen LogP contribution >= 0.6 is 0 Å². The van der Waals surface area contributed by atoms with E-state index in [2.05, 4.69) is 41.9 Å². The van der Waals surface area contributed by atoms with Gasteiger partial charge in [-0.1, -0.05) is 30.3 Å². The summed E-state index contributed by atoms with van der Waals surface area (Å²) >= 11 is 0. The van der Waals surface area contributed by atoms with E-state index in [0.717, 1.165) is 19.3 Å². The third-order valence-electron chi connectivity index (χ3n) is 5.48. The molecule has 2 unspecified atom stereocenters. The number of benzene rings is 2. The summed E-state index contributed by atoms with van der Waals surface area (Å²) in [4.78, 5) is 5.10. The number of hydrogen-bond acceptors (Lipinski definition) is 2. The SMILES string of the molecule is Cn1c2c(c3cc(O)ccc31)CC/C2=N\C1CC1c1ccccc1. The summed E-state index contributed by atoms with van der Waals surface area (Å²) in [5, 5.41) is 11.0. The smallest absolute Gasteiger partial charge is 0.116 e. The van der Waals surface area contributed by atoms with Crippen LogP contribution in [0.4, 0.5) is 0 Å². The standard InChI is InChI=1S/C21H20N2O/c1-23-20-10-7-14(24)11-17(20)15-8-9-18(21(15)23)22-19-12-16(19)13-5-3-2-4-6-13/h2-7,10-11,16,19,24H,8-9,12H2,1H3/b22-18+. The summed E-state index contributed by atoms with van der Waals surface area (Å²) < 4.78 is 2.25. The lowest BCUT2D eigenvalue weighted by Crippen LogP contribution is -2.04. The number of nitrogens with zero attached hydrogens (tertiary/aromatic N) is 2. The number of phenols is 1. The highest BCUT2D eigenvalue weighted by molar-refractivity contribution is 6.09. The van der Waals surface area contributed by atoms with Crippen LogP contribution in [0.15, 0.2) is 53.5 Å². The summed E-state index contributed by atoms with van der Waals surface area (Å²) in [6, 6.07) is 16.8. The third kappa shape index (κ3) is 2.01. The van der Waals surface area contributed by atoms with Crippen LogP contribution in [-0.2, 0) is 13.5 Å². The van der Waals surface area contributed by atoms with E-state index < -0.39 is 0 Å². The second-order valence-corrected chi connectivity index (χ2v) is 6.98. The maximum absolute atomic E-state index is 9.81. The lowest BCUT2D eigenvalue weighted by molar-refractivity contribution is 0.476. The Kier molecular flexibility index (Phi) is 2.87. The van der Waals surface area contributed by atoms with Gasteiger partial charge in [-0.2, -0.15) is 0 Å². The van der Waals surface area contributed by atoms with Crippen molar-refractivity contribution in [2.75, 3.05) is 0 Å². The van der Waals surface area contributed by atoms with E-state index in [1.54, 1.807) is 6.07 Å². The van der Waals surface area contributed by atoms with Gasteiger partial charge in [0.05, 0.1) is 17.4 Å². The first-order valence-electron chi connectivity index (χ1n) is 8.64. The molecule has 2 aromatic carbocycles. The minimum absolute atomic E-state index is 0.340. The van der Waals surface area contributed by atoms with E-state index in [4.69, 9.17) is 4.99 Å². The maximum Gasteiger partial charge on any atom is 0.116 e. The molecule has 1 saturated carbocycles. The van der Waals surface area contributed by atoms with Crippen molar-refractivity contribution in [3.8, 4) is 5.75 Å². The first-order chi connectivity index (χ1) is 11.7. The van der Waals surface area contributed by atoms with Gasteiger partial charge in [0.2, 0.25) is 0 Å². The van der Waals surface area contributed by atoms with Gasteiger partial charge in [-0.25, -0.2) is 0 Å². The Hall–Kier alpha value is -2.55. The molecular weight excluding hydrogens is 296 g/mol. The normalized spacial score (nSPS) is 23.8.